The molecule has 4 rings (SSSR count). The number of rotatable bonds is 4. The quantitative estimate of drug-likeness (QED) is 0.652. The molecule has 0 amide bonds. The van der Waals surface area contributed by atoms with E-state index in [1.807, 2.05) is 79.7 Å². The van der Waals surface area contributed by atoms with Gasteiger partial charge in [-0.3, -0.25) is 4.79 Å². The largest absolute Gasteiger partial charge is 0.497 e. The molecule has 3 nitrogen and oxygen atoms in total. The van der Waals surface area contributed by atoms with E-state index in [1.54, 1.807) is 14.0 Å². The molecule has 0 fully saturated rings. The minimum Gasteiger partial charge on any atom is -0.497 e. The average molecular weight is 370 g/mol. The standard InChI is InChI=1S/C25H22O3/c1-16(26)17-8-10-19(11-9-17)24-23(18-12-14-20(28-3)15-13-18)21-6-4-5-7-22(21)25(24,2)27/h4-15,27H,1-3H3. The van der Waals surface area contributed by atoms with Crippen molar-refractivity contribution in [3.63, 3.8) is 0 Å². The van der Waals surface area contributed by atoms with Crippen LogP contribution in [0, 0.1) is 0 Å². The van der Waals surface area contributed by atoms with E-state index in [0.29, 0.717) is 5.56 Å². The van der Waals surface area contributed by atoms with Crippen molar-refractivity contribution in [2.45, 2.75) is 19.4 Å². The average Bonchev–Trinajstić information content (AvgIpc) is 2.95. The van der Waals surface area contributed by atoms with Crippen LogP contribution in [-0.2, 0) is 5.60 Å². The molecule has 0 radical (unpaired) electrons. The third-order valence-electron chi connectivity index (χ3n) is 5.42. The molecule has 0 heterocycles. The molecule has 0 saturated carbocycles. The third kappa shape index (κ3) is 2.85. The fourth-order valence-electron chi connectivity index (χ4n) is 3.99. The van der Waals surface area contributed by atoms with E-state index in [4.69, 9.17) is 4.74 Å². The monoisotopic (exact) mass is 370 g/mol. The molecule has 1 N–H and O–H groups in total. The summed E-state index contributed by atoms with van der Waals surface area (Å²) in [6.07, 6.45) is 0. The molecule has 1 aliphatic rings. The summed E-state index contributed by atoms with van der Waals surface area (Å²) in [5.41, 5.74) is 5.17. The molecule has 3 aromatic rings. The Balaban J connectivity index is 1.97. The molecule has 1 unspecified atom stereocenters. The van der Waals surface area contributed by atoms with E-state index in [0.717, 1.165) is 39.1 Å². The Kier molecular flexibility index (Phi) is 4.40. The number of hydrogen-bond donors (Lipinski definition) is 1. The highest BCUT2D eigenvalue weighted by Crippen LogP contribution is 2.51. The van der Waals surface area contributed by atoms with Gasteiger partial charge in [-0.1, -0.05) is 60.7 Å². The highest BCUT2D eigenvalue weighted by molar-refractivity contribution is 6.07. The fraction of sp³-hybridized carbons (Fsp3) is 0.160. The van der Waals surface area contributed by atoms with Gasteiger partial charge in [0.05, 0.1) is 7.11 Å². The summed E-state index contributed by atoms with van der Waals surface area (Å²) in [6.45, 7) is 3.38. The Bertz CT molecular complexity index is 1070. The first-order valence-electron chi connectivity index (χ1n) is 9.26. The number of benzene rings is 3. The van der Waals surface area contributed by atoms with Crippen LogP contribution in [-0.4, -0.2) is 18.0 Å². The smallest absolute Gasteiger partial charge is 0.159 e. The fourth-order valence-corrected chi connectivity index (χ4v) is 3.99. The number of ether oxygens (including phenoxy) is 1. The Morgan fingerprint density at radius 1 is 0.893 bits per heavy atom. The van der Waals surface area contributed by atoms with Crippen LogP contribution in [0.15, 0.2) is 72.8 Å². The number of Topliss-reactive ketones (excluding diaryl/α,β-unsaturated/α-hetero) is 1. The molecule has 28 heavy (non-hydrogen) atoms. The zero-order chi connectivity index (χ0) is 19.9. The van der Waals surface area contributed by atoms with Crippen molar-refractivity contribution in [1.82, 2.24) is 0 Å². The number of aliphatic hydroxyl groups is 1. The van der Waals surface area contributed by atoms with Crippen LogP contribution in [0.25, 0.3) is 11.1 Å². The molecule has 0 spiro atoms. The van der Waals surface area contributed by atoms with Crippen LogP contribution in [0.3, 0.4) is 0 Å². The summed E-state index contributed by atoms with van der Waals surface area (Å²) in [7, 11) is 1.64. The van der Waals surface area contributed by atoms with Crippen molar-refractivity contribution in [3.05, 3.63) is 101 Å². The van der Waals surface area contributed by atoms with E-state index in [2.05, 4.69) is 0 Å². The molecule has 0 saturated heterocycles. The number of methoxy groups -OCH3 is 1. The number of ketones is 1. The normalized spacial score (nSPS) is 18.1. The minimum absolute atomic E-state index is 0.0253. The number of fused-ring (bicyclic) bond motifs is 1. The van der Waals surface area contributed by atoms with Gasteiger partial charge in [-0.05, 0) is 53.8 Å². The maximum absolute atomic E-state index is 11.7. The van der Waals surface area contributed by atoms with Gasteiger partial charge in [-0.2, -0.15) is 0 Å². The van der Waals surface area contributed by atoms with Gasteiger partial charge in [0.15, 0.2) is 5.78 Å². The van der Waals surface area contributed by atoms with Crippen LogP contribution >= 0.6 is 0 Å². The second-order valence-electron chi connectivity index (χ2n) is 7.23. The van der Waals surface area contributed by atoms with Gasteiger partial charge in [0.2, 0.25) is 0 Å². The molecule has 0 aromatic heterocycles. The minimum atomic E-state index is -1.14. The SMILES string of the molecule is COc1ccc(C2=C(c3ccc(C(C)=O)cc3)C(C)(O)c3ccccc32)cc1. The lowest BCUT2D eigenvalue weighted by atomic mass is 9.86. The van der Waals surface area contributed by atoms with Crippen LogP contribution in [0.5, 0.6) is 5.75 Å². The number of carbonyl (C=O) groups is 1. The maximum atomic E-state index is 11.7. The highest BCUT2D eigenvalue weighted by atomic mass is 16.5. The summed E-state index contributed by atoms with van der Waals surface area (Å²) >= 11 is 0. The first kappa shape index (κ1) is 18.2. The predicted molar refractivity (Wildman–Crippen MR) is 111 cm³/mol. The lowest BCUT2D eigenvalue weighted by Gasteiger charge is -2.24. The highest BCUT2D eigenvalue weighted by Gasteiger charge is 2.40. The van der Waals surface area contributed by atoms with Crippen molar-refractivity contribution in [2.24, 2.45) is 0 Å². The lowest BCUT2D eigenvalue weighted by molar-refractivity contribution is 0.101. The Morgan fingerprint density at radius 2 is 1.50 bits per heavy atom. The van der Waals surface area contributed by atoms with Gasteiger partial charge in [-0.25, -0.2) is 0 Å². The van der Waals surface area contributed by atoms with Crippen molar-refractivity contribution in [2.75, 3.05) is 7.11 Å². The molecule has 0 bridgehead atoms. The van der Waals surface area contributed by atoms with Gasteiger partial charge in [-0.15, -0.1) is 0 Å². The topological polar surface area (TPSA) is 46.5 Å². The molecule has 3 aromatic carbocycles. The Labute approximate surface area is 164 Å². The molecule has 1 aliphatic carbocycles. The maximum Gasteiger partial charge on any atom is 0.159 e. The molecule has 1 atom stereocenters. The van der Waals surface area contributed by atoms with E-state index in [9.17, 15) is 9.90 Å². The summed E-state index contributed by atoms with van der Waals surface area (Å²) < 4.78 is 5.29. The van der Waals surface area contributed by atoms with Crippen LogP contribution in [0.2, 0.25) is 0 Å². The number of hydrogen-bond acceptors (Lipinski definition) is 3. The van der Waals surface area contributed by atoms with Crippen LogP contribution in [0.4, 0.5) is 0 Å². The van der Waals surface area contributed by atoms with Crippen LogP contribution < -0.4 is 4.74 Å². The Hall–Kier alpha value is -3.17. The molecule has 0 aliphatic heterocycles. The van der Waals surface area contributed by atoms with E-state index >= 15 is 0 Å². The van der Waals surface area contributed by atoms with Crippen LogP contribution in [0.1, 0.15) is 46.5 Å². The van der Waals surface area contributed by atoms with Crippen molar-refractivity contribution < 1.29 is 14.6 Å². The first-order valence-corrected chi connectivity index (χ1v) is 9.26. The first-order chi connectivity index (χ1) is 13.4. The van der Waals surface area contributed by atoms with Gasteiger partial charge in [0.1, 0.15) is 11.4 Å². The zero-order valence-corrected chi connectivity index (χ0v) is 16.2. The van der Waals surface area contributed by atoms with E-state index < -0.39 is 5.60 Å². The van der Waals surface area contributed by atoms with E-state index in [-0.39, 0.29) is 5.78 Å². The van der Waals surface area contributed by atoms with Crippen molar-refractivity contribution >= 4 is 16.9 Å². The molecule has 3 heteroatoms. The number of carbonyl (C=O) groups excluding carboxylic acids is 1. The third-order valence-corrected chi connectivity index (χ3v) is 5.42. The molecular formula is C25H22O3. The summed E-state index contributed by atoms with van der Waals surface area (Å²) in [5.74, 6) is 0.812. The van der Waals surface area contributed by atoms with Crippen molar-refractivity contribution in [1.29, 1.82) is 0 Å². The van der Waals surface area contributed by atoms with Gasteiger partial charge in [0, 0.05) is 11.1 Å². The van der Waals surface area contributed by atoms with E-state index in [1.165, 1.54) is 0 Å². The van der Waals surface area contributed by atoms with Gasteiger partial charge in [0.25, 0.3) is 0 Å². The summed E-state index contributed by atoms with van der Waals surface area (Å²) in [5, 5.41) is 11.5. The predicted octanol–water partition coefficient (Wildman–Crippen LogP) is 5.08. The van der Waals surface area contributed by atoms with Gasteiger partial charge >= 0.3 is 0 Å². The van der Waals surface area contributed by atoms with Crippen molar-refractivity contribution in [3.8, 4) is 5.75 Å². The lowest BCUT2D eigenvalue weighted by Crippen LogP contribution is -2.20. The zero-order valence-electron chi connectivity index (χ0n) is 16.2. The Morgan fingerprint density at radius 3 is 2.11 bits per heavy atom. The second kappa shape index (κ2) is 6.77. The molecule has 140 valence electrons. The summed E-state index contributed by atoms with van der Waals surface area (Å²) in [4.78, 5) is 11.7. The van der Waals surface area contributed by atoms with Gasteiger partial charge < -0.3 is 9.84 Å². The molecular weight excluding hydrogens is 348 g/mol. The second-order valence-corrected chi connectivity index (χ2v) is 7.23. The summed E-state index contributed by atoms with van der Waals surface area (Å²) in [6, 6.07) is 23.3.